The average Bonchev–Trinajstić information content (AvgIpc) is 2.62. The van der Waals surface area contributed by atoms with Gasteiger partial charge in [0.2, 0.25) is 0 Å². The molecule has 1 aliphatic carbocycles. The van der Waals surface area contributed by atoms with Crippen LogP contribution in [0.4, 0.5) is 4.79 Å². The van der Waals surface area contributed by atoms with E-state index in [0.29, 0.717) is 25.9 Å². The highest BCUT2D eigenvalue weighted by molar-refractivity contribution is 5.96. The molecule has 3 aliphatic rings. The molecule has 2 atom stereocenters. The number of likely N-dealkylation sites (tertiary alicyclic amines) is 1. The number of allylic oxidation sites excluding steroid dienone is 2. The third kappa shape index (κ3) is 5.34. The van der Waals surface area contributed by atoms with E-state index in [2.05, 4.69) is 4.74 Å². The minimum Gasteiger partial charge on any atom is -0.461 e. The second kappa shape index (κ2) is 8.69. The number of rotatable bonds is 2. The van der Waals surface area contributed by atoms with Crippen molar-refractivity contribution in [1.29, 1.82) is 0 Å². The number of piperidine rings is 1. The number of nitrogens with zero attached hydrogens (tertiary/aromatic N) is 1. The Bertz CT molecular complexity index is 582. The molecular weight excluding hydrogens is 324 g/mol. The Morgan fingerprint density at radius 1 is 1.28 bits per heavy atom. The molecule has 7 heteroatoms. The van der Waals surface area contributed by atoms with Crippen molar-refractivity contribution in [3.05, 3.63) is 23.8 Å². The van der Waals surface area contributed by atoms with E-state index in [1.165, 1.54) is 0 Å². The van der Waals surface area contributed by atoms with Crippen molar-refractivity contribution >= 4 is 18.0 Å². The highest BCUT2D eigenvalue weighted by Gasteiger charge is 2.34. The molecule has 0 bridgehead atoms. The van der Waals surface area contributed by atoms with Gasteiger partial charge in [-0.3, -0.25) is 9.59 Å². The van der Waals surface area contributed by atoms with Crippen molar-refractivity contribution in [2.24, 2.45) is 11.7 Å². The molecule has 2 heterocycles. The number of carbonyl (C=O) groups excluding carboxylic acids is 3. The zero-order chi connectivity index (χ0) is 18.4. The molecule has 140 valence electrons. The first-order chi connectivity index (χ1) is 11.9. The van der Waals surface area contributed by atoms with E-state index >= 15 is 0 Å². The lowest BCUT2D eigenvalue weighted by Crippen LogP contribution is -2.42. The van der Waals surface area contributed by atoms with Crippen LogP contribution in [0.25, 0.3) is 0 Å². The summed E-state index contributed by atoms with van der Waals surface area (Å²) in [5.74, 6) is 0.149. The highest BCUT2D eigenvalue weighted by atomic mass is 16.6. The first-order valence-electron chi connectivity index (χ1n) is 8.71. The zero-order valence-corrected chi connectivity index (χ0v) is 14.8. The maximum Gasteiger partial charge on any atom is 0.404 e. The number of amides is 2. The normalized spacial score (nSPS) is 25.8. The van der Waals surface area contributed by atoms with E-state index in [4.69, 9.17) is 10.5 Å². The van der Waals surface area contributed by atoms with Crippen molar-refractivity contribution in [3.8, 4) is 0 Å². The number of nitrogens with two attached hydrogens (primary N) is 1. The third-order valence-corrected chi connectivity index (χ3v) is 4.63. The van der Waals surface area contributed by atoms with Crippen LogP contribution in [0.3, 0.4) is 0 Å². The first-order valence-corrected chi connectivity index (χ1v) is 8.71. The topological polar surface area (TPSA) is 98.9 Å². The molecule has 25 heavy (non-hydrogen) atoms. The van der Waals surface area contributed by atoms with Crippen molar-refractivity contribution in [2.75, 3.05) is 13.1 Å². The number of hydrogen-bond donors (Lipinski definition) is 1. The molecule has 7 nitrogen and oxygen atoms in total. The van der Waals surface area contributed by atoms with Gasteiger partial charge in [0.15, 0.2) is 0 Å². The number of carbonyl (C=O) groups is 3. The number of ether oxygens (including phenoxy) is 2. The molecular formula is C18H28N2O5. The lowest BCUT2D eigenvalue weighted by atomic mass is 10.0. The molecule has 2 N–H and O–H groups in total. The quantitative estimate of drug-likeness (QED) is 0.768. The summed E-state index contributed by atoms with van der Waals surface area (Å²) in [6.45, 7) is 4.99. The SMILES string of the molecule is CC1C(=O)O[C@H]1C.NC(=O)OC1CCN(C(=O)C2=CCCC=C2)CC1.[HH]. The Balaban J connectivity index is 0.000000357. The van der Waals surface area contributed by atoms with Gasteiger partial charge in [-0.25, -0.2) is 4.79 Å². The van der Waals surface area contributed by atoms with Gasteiger partial charge in [0.05, 0.1) is 5.92 Å². The fraction of sp³-hybridized carbons (Fsp3) is 0.611. The predicted molar refractivity (Wildman–Crippen MR) is 93.6 cm³/mol. The molecule has 3 rings (SSSR count). The third-order valence-electron chi connectivity index (χ3n) is 4.63. The maximum absolute atomic E-state index is 12.2. The zero-order valence-electron chi connectivity index (χ0n) is 14.8. The van der Waals surface area contributed by atoms with Crippen LogP contribution >= 0.6 is 0 Å². The minimum absolute atomic E-state index is 0. The van der Waals surface area contributed by atoms with Gasteiger partial charge in [-0.15, -0.1) is 0 Å². The second-order valence-electron chi connectivity index (χ2n) is 6.50. The van der Waals surface area contributed by atoms with Crippen LogP contribution in [0.1, 0.15) is 41.0 Å². The summed E-state index contributed by atoms with van der Waals surface area (Å²) in [5.41, 5.74) is 5.75. The van der Waals surface area contributed by atoms with Gasteiger partial charge in [0.25, 0.3) is 5.91 Å². The summed E-state index contributed by atoms with van der Waals surface area (Å²) in [5, 5.41) is 0. The maximum atomic E-state index is 12.2. The molecule has 0 saturated carbocycles. The lowest BCUT2D eigenvalue weighted by Gasteiger charge is -2.31. The molecule has 1 unspecified atom stereocenters. The summed E-state index contributed by atoms with van der Waals surface area (Å²) >= 11 is 0. The minimum atomic E-state index is -0.738. The van der Waals surface area contributed by atoms with Crippen LogP contribution in [-0.4, -0.2) is 48.2 Å². The fourth-order valence-electron chi connectivity index (χ4n) is 2.81. The van der Waals surface area contributed by atoms with Gasteiger partial charge in [0, 0.05) is 32.9 Å². The van der Waals surface area contributed by atoms with E-state index < -0.39 is 6.09 Å². The van der Waals surface area contributed by atoms with Gasteiger partial charge in [-0.1, -0.05) is 18.2 Å². The summed E-state index contributed by atoms with van der Waals surface area (Å²) in [6, 6.07) is 0. The molecule has 0 aromatic carbocycles. The molecule has 2 aliphatic heterocycles. The van der Waals surface area contributed by atoms with E-state index in [0.717, 1.165) is 18.4 Å². The molecule has 2 saturated heterocycles. The summed E-state index contributed by atoms with van der Waals surface area (Å²) in [7, 11) is 0. The molecule has 2 fully saturated rings. The Labute approximate surface area is 149 Å². The molecule has 2 amide bonds. The summed E-state index contributed by atoms with van der Waals surface area (Å²) in [6.07, 6.45) is 8.41. The highest BCUT2D eigenvalue weighted by Crippen LogP contribution is 2.20. The number of hydrogen-bond acceptors (Lipinski definition) is 5. The van der Waals surface area contributed by atoms with Gasteiger partial charge >= 0.3 is 12.1 Å². The number of esters is 1. The van der Waals surface area contributed by atoms with Gasteiger partial charge in [-0.2, -0.15) is 0 Å². The van der Waals surface area contributed by atoms with E-state index in [1.54, 1.807) is 0 Å². The fourth-order valence-corrected chi connectivity index (χ4v) is 2.81. The number of primary amides is 1. The van der Waals surface area contributed by atoms with Crippen LogP contribution in [0, 0.1) is 5.92 Å². The van der Waals surface area contributed by atoms with Crippen molar-refractivity contribution < 1.29 is 25.3 Å². The van der Waals surface area contributed by atoms with E-state index in [1.807, 2.05) is 37.0 Å². The van der Waals surface area contributed by atoms with Crippen LogP contribution in [0.2, 0.25) is 0 Å². The predicted octanol–water partition coefficient (Wildman–Crippen LogP) is 2.16. The van der Waals surface area contributed by atoms with E-state index in [9.17, 15) is 14.4 Å². The molecule has 0 spiro atoms. The summed E-state index contributed by atoms with van der Waals surface area (Å²) < 4.78 is 9.55. The molecule has 0 radical (unpaired) electrons. The van der Waals surface area contributed by atoms with E-state index in [-0.39, 0.29) is 31.4 Å². The molecule has 0 aromatic rings. The van der Waals surface area contributed by atoms with Crippen LogP contribution in [-0.2, 0) is 19.1 Å². The lowest BCUT2D eigenvalue weighted by molar-refractivity contribution is -0.179. The standard InChI is InChI=1S/C13H18N2O3.C5H8O2.H2/c14-13(17)18-11-6-8-15(9-7-11)12(16)10-4-2-1-3-5-10;1-3-4(2)7-5(3)6;/h2,4-5,11H,1,3,6-9H2,(H2,14,17);3-4H,1-2H3;1H/t;3?,4-;/m.0./s1. The first kappa shape index (κ1) is 19.0. The van der Waals surface area contributed by atoms with Crippen molar-refractivity contribution in [2.45, 2.75) is 51.7 Å². The smallest absolute Gasteiger partial charge is 0.404 e. The van der Waals surface area contributed by atoms with Gasteiger partial charge in [0.1, 0.15) is 12.2 Å². The second-order valence-corrected chi connectivity index (χ2v) is 6.50. The van der Waals surface area contributed by atoms with Crippen LogP contribution in [0.15, 0.2) is 23.8 Å². The average molecular weight is 352 g/mol. The Kier molecular flexibility index (Phi) is 6.61. The monoisotopic (exact) mass is 352 g/mol. The van der Waals surface area contributed by atoms with Crippen molar-refractivity contribution in [1.82, 2.24) is 4.90 Å². The van der Waals surface area contributed by atoms with Crippen molar-refractivity contribution in [3.63, 3.8) is 0 Å². The summed E-state index contributed by atoms with van der Waals surface area (Å²) in [4.78, 5) is 34.8. The Hall–Kier alpha value is -2.31. The molecule has 0 aromatic heterocycles. The Morgan fingerprint density at radius 2 is 1.96 bits per heavy atom. The van der Waals surface area contributed by atoms with Gasteiger partial charge in [-0.05, 0) is 26.7 Å². The number of cyclic esters (lactones) is 1. The Morgan fingerprint density at radius 3 is 2.36 bits per heavy atom. The van der Waals surface area contributed by atoms with Crippen LogP contribution < -0.4 is 5.73 Å². The van der Waals surface area contributed by atoms with Crippen LogP contribution in [0.5, 0.6) is 0 Å². The largest absolute Gasteiger partial charge is 0.461 e. The van der Waals surface area contributed by atoms with Gasteiger partial charge < -0.3 is 20.1 Å².